The number of benzene rings is 1. The van der Waals surface area contributed by atoms with E-state index < -0.39 is 0 Å². The van der Waals surface area contributed by atoms with Crippen LogP contribution in [0.3, 0.4) is 0 Å². The number of nitrogens with two attached hydrogens (primary N) is 1. The highest BCUT2D eigenvalue weighted by molar-refractivity contribution is 5.58. The zero-order valence-electron chi connectivity index (χ0n) is 9.10. The topological polar surface area (TPSA) is 76.8 Å². The second kappa shape index (κ2) is 4.76. The molecule has 5 nitrogen and oxygen atoms in total. The number of nitrogens with zero attached hydrogens (tertiary/aromatic N) is 2. The summed E-state index contributed by atoms with van der Waals surface area (Å²) in [6, 6.07) is 7.47. The van der Waals surface area contributed by atoms with Gasteiger partial charge in [-0.15, -0.1) is 0 Å². The Morgan fingerprint density at radius 1 is 1.31 bits per heavy atom. The molecule has 0 saturated carbocycles. The summed E-state index contributed by atoms with van der Waals surface area (Å²) in [5, 5.41) is 7.02. The van der Waals surface area contributed by atoms with Gasteiger partial charge in [-0.05, 0) is 24.3 Å². The van der Waals surface area contributed by atoms with Gasteiger partial charge in [-0.25, -0.2) is 4.98 Å². The zero-order chi connectivity index (χ0) is 11.4. The van der Waals surface area contributed by atoms with Crippen LogP contribution in [-0.2, 0) is 11.2 Å². The number of rotatable bonds is 4. The summed E-state index contributed by atoms with van der Waals surface area (Å²) >= 11 is 0. The van der Waals surface area contributed by atoms with Gasteiger partial charge < -0.3 is 10.5 Å². The molecular formula is C11H14N4O. The number of anilines is 1. The van der Waals surface area contributed by atoms with Crippen LogP contribution in [0.4, 0.5) is 5.69 Å². The lowest BCUT2D eigenvalue weighted by Gasteiger charge is -1.95. The van der Waals surface area contributed by atoms with E-state index in [0.717, 1.165) is 23.5 Å². The Labute approximate surface area is 93.7 Å². The lowest BCUT2D eigenvalue weighted by Crippen LogP contribution is -1.96. The van der Waals surface area contributed by atoms with E-state index in [0.29, 0.717) is 12.4 Å². The van der Waals surface area contributed by atoms with Crippen molar-refractivity contribution < 1.29 is 4.74 Å². The van der Waals surface area contributed by atoms with Gasteiger partial charge in [0.15, 0.2) is 5.82 Å². The van der Waals surface area contributed by atoms with E-state index in [2.05, 4.69) is 15.2 Å². The molecule has 2 rings (SSSR count). The number of nitrogens with one attached hydrogen (secondary N) is 1. The van der Waals surface area contributed by atoms with Gasteiger partial charge in [-0.2, -0.15) is 5.10 Å². The van der Waals surface area contributed by atoms with Gasteiger partial charge in [-0.1, -0.05) is 0 Å². The van der Waals surface area contributed by atoms with Crippen molar-refractivity contribution in [1.29, 1.82) is 0 Å². The molecule has 0 aliphatic carbocycles. The number of methoxy groups -OCH3 is 1. The molecule has 5 heteroatoms. The first-order valence-corrected chi connectivity index (χ1v) is 5.05. The molecular weight excluding hydrogens is 204 g/mol. The highest BCUT2D eigenvalue weighted by Crippen LogP contribution is 2.16. The minimum atomic E-state index is 0.635. The standard InChI is InChI=1S/C11H14N4O/c1-16-7-6-10-13-11(15-14-10)8-2-4-9(12)5-3-8/h2-5H,6-7,12H2,1H3,(H,13,14,15). The monoisotopic (exact) mass is 218 g/mol. The maximum atomic E-state index is 5.61. The molecule has 0 aliphatic heterocycles. The Balaban J connectivity index is 2.15. The number of ether oxygens (including phenoxy) is 1. The van der Waals surface area contributed by atoms with E-state index in [1.165, 1.54) is 0 Å². The third-order valence-electron chi connectivity index (χ3n) is 2.24. The molecule has 16 heavy (non-hydrogen) atoms. The summed E-state index contributed by atoms with van der Waals surface area (Å²) in [7, 11) is 1.66. The van der Waals surface area contributed by atoms with Gasteiger partial charge >= 0.3 is 0 Å². The molecule has 3 N–H and O–H groups in total. The van der Waals surface area contributed by atoms with Crippen molar-refractivity contribution in [2.45, 2.75) is 6.42 Å². The van der Waals surface area contributed by atoms with Crippen LogP contribution in [0.25, 0.3) is 11.4 Å². The summed E-state index contributed by atoms with van der Waals surface area (Å²) in [6.45, 7) is 0.635. The maximum absolute atomic E-state index is 5.61. The Bertz CT molecular complexity index is 449. The van der Waals surface area contributed by atoms with Crippen LogP contribution >= 0.6 is 0 Å². The molecule has 0 aliphatic rings. The second-order valence-electron chi connectivity index (χ2n) is 3.47. The van der Waals surface area contributed by atoms with Crippen LogP contribution in [0.15, 0.2) is 24.3 Å². The van der Waals surface area contributed by atoms with Crippen LogP contribution in [0.2, 0.25) is 0 Å². The summed E-state index contributed by atoms with van der Waals surface area (Å²) < 4.78 is 4.97. The summed E-state index contributed by atoms with van der Waals surface area (Å²) in [5.41, 5.74) is 7.30. The first-order chi connectivity index (χ1) is 7.79. The van der Waals surface area contributed by atoms with Crippen molar-refractivity contribution in [1.82, 2.24) is 15.2 Å². The lowest BCUT2D eigenvalue weighted by atomic mass is 10.2. The highest BCUT2D eigenvalue weighted by atomic mass is 16.5. The summed E-state index contributed by atoms with van der Waals surface area (Å²) in [6.07, 6.45) is 0.735. The molecule has 0 amide bonds. The first-order valence-electron chi connectivity index (χ1n) is 5.05. The minimum Gasteiger partial charge on any atom is -0.399 e. The van der Waals surface area contributed by atoms with E-state index >= 15 is 0 Å². The van der Waals surface area contributed by atoms with E-state index in [-0.39, 0.29) is 0 Å². The number of nitrogen functional groups attached to an aromatic ring is 1. The van der Waals surface area contributed by atoms with Crippen LogP contribution in [0.1, 0.15) is 5.82 Å². The van der Waals surface area contributed by atoms with E-state index in [9.17, 15) is 0 Å². The van der Waals surface area contributed by atoms with Crippen molar-refractivity contribution in [3.05, 3.63) is 30.1 Å². The molecule has 1 aromatic carbocycles. The normalized spacial score (nSPS) is 10.6. The van der Waals surface area contributed by atoms with Gasteiger partial charge in [0.1, 0.15) is 5.82 Å². The largest absolute Gasteiger partial charge is 0.399 e. The predicted molar refractivity (Wildman–Crippen MR) is 61.8 cm³/mol. The van der Waals surface area contributed by atoms with Crippen molar-refractivity contribution in [2.24, 2.45) is 0 Å². The third-order valence-corrected chi connectivity index (χ3v) is 2.24. The van der Waals surface area contributed by atoms with Crippen molar-refractivity contribution >= 4 is 5.69 Å². The fraction of sp³-hybridized carbons (Fsp3) is 0.273. The molecule has 0 fully saturated rings. The van der Waals surface area contributed by atoms with Crippen molar-refractivity contribution in [2.75, 3.05) is 19.5 Å². The highest BCUT2D eigenvalue weighted by Gasteiger charge is 2.05. The van der Waals surface area contributed by atoms with E-state index in [4.69, 9.17) is 10.5 Å². The lowest BCUT2D eigenvalue weighted by molar-refractivity contribution is 0.200. The SMILES string of the molecule is COCCc1nc(-c2ccc(N)cc2)n[nH]1. The maximum Gasteiger partial charge on any atom is 0.181 e. The molecule has 0 unspecified atom stereocenters. The number of hydrogen-bond acceptors (Lipinski definition) is 4. The summed E-state index contributed by atoms with van der Waals surface area (Å²) in [5.74, 6) is 1.51. The van der Waals surface area contributed by atoms with Gasteiger partial charge in [0.05, 0.1) is 6.61 Å². The number of hydrogen-bond donors (Lipinski definition) is 2. The molecule has 0 bridgehead atoms. The fourth-order valence-corrected chi connectivity index (χ4v) is 1.37. The van der Waals surface area contributed by atoms with E-state index in [1.807, 2.05) is 24.3 Å². The predicted octanol–water partition coefficient (Wildman–Crippen LogP) is 1.24. The molecule has 0 atom stereocenters. The van der Waals surface area contributed by atoms with Gasteiger partial charge in [0.25, 0.3) is 0 Å². The second-order valence-corrected chi connectivity index (χ2v) is 3.47. The average molecular weight is 218 g/mol. The molecule has 1 aromatic heterocycles. The third kappa shape index (κ3) is 2.38. The van der Waals surface area contributed by atoms with Gasteiger partial charge in [0, 0.05) is 24.8 Å². The fourth-order valence-electron chi connectivity index (χ4n) is 1.37. The smallest absolute Gasteiger partial charge is 0.181 e. The van der Waals surface area contributed by atoms with Crippen LogP contribution in [0.5, 0.6) is 0 Å². The molecule has 0 radical (unpaired) electrons. The van der Waals surface area contributed by atoms with Crippen molar-refractivity contribution in [3.8, 4) is 11.4 Å². The van der Waals surface area contributed by atoms with E-state index in [1.54, 1.807) is 7.11 Å². The van der Waals surface area contributed by atoms with Crippen LogP contribution in [0, 0.1) is 0 Å². The quantitative estimate of drug-likeness (QED) is 0.757. The number of H-pyrrole nitrogens is 1. The molecule has 1 heterocycles. The molecule has 0 saturated heterocycles. The Kier molecular flexibility index (Phi) is 3.16. The first kappa shape index (κ1) is 10.6. The average Bonchev–Trinajstić information content (AvgIpc) is 2.76. The molecule has 0 spiro atoms. The zero-order valence-corrected chi connectivity index (χ0v) is 9.10. The number of aromatic amines is 1. The van der Waals surface area contributed by atoms with Gasteiger partial charge in [0.2, 0.25) is 0 Å². The minimum absolute atomic E-state index is 0.635. The van der Waals surface area contributed by atoms with Gasteiger partial charge in [-0.3, -0.25) is 5.10 Å². The van der Waals surface area contributed by atoms with Crippen LogP contribution < -0.4 is 5.73 Å². The Morgan fingerprint density at radius 3 is 2.75 bits per heavy atom. The number of aromatic nitrogens is 3. The Morgan fingerprint density at radius 2 is 2.06 bits per heavy atom. The van der Waals surface area contributed by atoms with Crippen LogP contribution in [-0.4, -0.2) is 28.9 Å². The molecule has 84 valence electrons. The van der Waals surface area contributed by atoms with Crippen molar-refractivity contribution in [3.63, 3.8) is 0 Å². The molecule has 2 aromatic rings. The summed E-state index contributed by atoms with van der Waals surface area (Å²) in [4.78, 5) is 4.36. The Hall–Kier alpha value is -1.88.